The monoisotopic (exact) mass is 296 g/mol. The van der Waals surface area contributed by atoms with Gasteiger partial charge in [0.05, 0.1) is 0 Å². The molecule has 0 heterocycles. The van der Waals surface area contributed by atoms with Crippen LogP contribution >= 0.6 is 0 Å². The van der Waals surface area contributed by atoms with E-state index in [-0.39, 0.29) is 11.2 Å². The van der Waals surface area contributed by atoms with E-state index in [0.29, 0.717) is 23.7 Å². The average molecular weight is 296 g/mol. The van der Waals surface area contributed by atoms with Crippen molar-refractivity contribution in [3.05, 3.63) is 23.8 Å². The van der Waals surface area contributed by atoms with E-state index in [1.54, 1.807) is 6.08 Å². The molecule has 2 nitrogen and oxygen atoms in total. The largest absolute Gasteiger partial charge is 0.377 e. The second kappa shape index (κ2) is 4.59. The van der Waals surface area contributed by atoms with Crippen LogP contribution in [0.25, 0.3) is 0 Å². The van der Waals surface area contributed by atoms with Gasteiger partial charge in [-0.2, -0.15) is 0 Å². The second-order valence-corrected chi connectivity index (χ2v) is 7.98. The number of terminal acetylenes is 1. The highest BCUT2D eigenvalue weighted by atomic mass is 16.3. The Kier molecular flexibility index (Phi) is 2.97. The standard InChI is InChI=1S/C20H24O2/c1-3-20(22)11-9-18-17-6-4-13-12-14(21)5-7-15(13)16(17)8-10-19(18,20)2/h1,5,7,12,15-18,22H,4,6,8-11H2,2H3/t15-,16+,17+,18-,19-,20?/m0/s1. The van der Waals surface area contributed by atoms with Gasteiger partial charge in [0, 0.05) is 11.3 Å². The molecule has 22 heavy (non-hydrogen) atoms. The van der Waals surface area contributed by atoms with Crippen molar-refractivity contribution in [2.24, 2.45) is 29.1 Å². The molecule has 0 amide bonds. The third kappa shape index (κ3) is 1.69. The van der Waals surface area contributed by atoms with E-state index in [1.165, 1.54) is 5.57 Å². The molecule has 4 rings (SSSR count). The van der Waals surface area contributed by atoms with Crippen molar-refractivity contribution >= 4 is 5.78 Å². The lowest BCUT2D eigenvalue weighted by Crippen LogP contribution is -2.51. The number of hydrogen-bond donors (Lipinski definition) is 1. The first-order valence-electron chi connectivity index (χ1n) is 8.61. The van der Waals surface area contributed by atoms with Crippen LogP contribution in [-0.2, 0) is 4.79 Å². The van der Waals surface area contributed by atoms with E-state index in [1.807, 2.05) is 6.08 Å². The lowest BCUT2D eigenvalue weighted by Gasteiger charge is -2.54. The second-order valence-electron chi connectivity index (χ2n) is 7.98. The first kappa shape index (κ1) is 14.3. The van der Waals surface area contributed by atoms with Crippen LogP contribution in [-0.4, -0.2) is 16.5 Å². The first-order chi connectivity index (χ1) is 10.5. The maximum atomic E-state index is 11.6. The Morgan fingerprint density at radius 2 is 2.09 bits per heavy atom. The zero-order valence-corrected chi connectivity index (χ0v) is 13.2. The summed E-state index contributed by atoms with van der Waals surface area (Å²) in [5.41, 5.74) is 0.290. The lowest BCUT2D eigenvalue weighted by molar-refractivity contribution is -0.110. The van der Waals surface area contributed by atoms with Gasteiger partial charge in [-0.05, 0) is 68.4 Å². The Hall–Kier alpha value is -1.33. The molecule has 116 valence electrons. The molecule has 0 saturated heterocycles. The van der Waals surface area contributed by atoms with Gasteiger partial charge in [-0.3, -0.25) is 4.79 Å². The van der Waals surface area contributed by atoms with Crippen molar-refractivity contribution < 1.29 is 9.90 Å². The molecule has 3 fully saturated rings. The van der Waals surface area contributed by atoms with Gasteiger partial charge in [0.1, 0.15) is 5.60 Å². The van der Waals surface area contributed by atoms with Crippen LogP contribution in [0.2, 0.25) is 0 Å². The van der Waals surface area contributed by atoms with Crippen LogP contribution < -0.4 is 0 Å². The summed E-state index contributed by atoms with van der Waals surface area (Å²) in [4.78, 5) is 11.6. The predicted octanol–water partition coefficient (Wildman–Crippen LogP) is 3.27. The van der Waals surface area contributed by atoms with Gasteiger partial charge in [0.15, 0.2) is 5.78 Å². The highest BCUT2D eigenvalue weighted by Crippen LogP contribution is 2.64. The van der Waals surface area contributed by atoms with Crippen LogP contribution in [0.3, 0.4) is 0 Å². The Morgan fingerprint density at radius 1 is 1.27 bits per heavy atom. The lowest BCUT2D eigenvalue weighted by atomic mass is 9.51. The van der Waals surface area contributed by atoms with Gasteiger partial charge < -0.3 is 5.11 Å². The molecule has 0 aliphatic heterocycles. The van der Waals surface area contributed by atoms with Crippen molar-refractivity contribution in [1.29, 1.82) is 0 Å². The maximum absolute atomic E-state index is 11.6. The van der Waals surface area contributed by atoms with Crippen molar-refractivity contribution in [1.82, 2.24) is 0 Å². The number of carbonyl (C=O) groups is 1. The van der Waals surface area contributed by atoms with E-state index in [9.17, 15) is 9.90 Å². The molecular formula is C20H24O2. The summed E-state index contributed by atoms with van der Waals surface area (Å²) in [6.45, 7) is 2.21. The summed E-state index contributed by atoms with van der Waals surface area (Å²) < 4.78 is 0. The number of aliphatic hydroxyl groups is 1. The van der Waals surface area contributed by atoms with Crippen molar-refractivity contribution in [3.8, 4) is 12.3 Å². The molecule has 3 saturated carbocycles. The predicted molar refractivity (Wildman–Crippen MR) is 85.8 cm³/mol. The smallest absolute Gasteiger partial charge is 0.178 e. The highest BCUT2D eigenvalue weighted by molar-refractivity contribution is 6.00. The molecule has 0 radical (unpaired) electrons. The fourth-order valence-electron chi connectivity index (χ4n) is 6.07. The number of rotatable bonds is 0. The van der Waals surface area contributed by atoms with E-state index in [2.05, 4.69) is 18.9 Å². The van der Waals surface area contributed by atoms with Crippen LogP contribution in [0.5, 0.6) is 0 Å². The van der Waals surface area contributed by atoms with Gasteiger partial charge in [-0.15, -0.1) is 6.42 Å². The number of allylic oxidation sites excluding steroid dienone is 4. The minimum absolute atomic E-state index is 0.127. The zero-order chi connectivity index (χ0) is 15.5. The Balaban J connectivity index is 1.67. The molecule has 0 aromatic carbocycles. The third-order valence-corrected chi connectivity index (χ3v) is 7.33. The maximum Gasteiger partial charge on any atom is 0.178 e. The first-order valence-corrected chi connectivity index (χ1v) is 8.61. The molecular weight excluding hydrogens is 272 g/mol. The summed E-state index contributed by atoms with van der Waals surface area (Å²) >= 11 is 0. The van der Waals surface area contributed by atoms with Crippen molar-refractivity contribution in [2.45, 2.75) is 51.0 Å². The summed E-state index contributed by atoms with van der Waals surface area (Å²) in [6.07, 6.45) is 17.5. The van der Waals surface area contributed by atoms with E-state index >= 15 is 0 Å². The Labute approximate surface area is 132 Å². The summed E-state index contributed by atoms with van der Waals surface area (Å²) in [5.74, 6) is 5.11. The molecule has 4 aliphatic carbocycles. The highest BCUT2D eigenvalue weighted by Gasteiger charge is 2.61. The summed E-state index contributed by atoms with van der Waals surface area (Å²) in [6, 6.07) is 0. The quantitative estimate of drug-likeness (QED) is 0.697. The summed E-state index contributed by atoms with van der Waals surface area (Å²) in [5, 5.41) is 10.9. The molecule has 4 aliphatic rings. The normalized spacial score (nSPS) is 49.7. The van der Waals surface area contributed by atoms with Crippen molar-refractivity contribution in [3.63, 3.8) is 0 Å². The molecule has 6 atom stereocenters. The number of ketones is 1. The number of carbonyl (C=O) groups excluding carboxylic acids is 1. The molecule has 0 aromatic rings. The Morgan fingerprint density at radius 3 is 2.86 bits per heavy atom. The van der Waals surface area contributed by atoms with Crippen molar-refractivity contribution in [2.75, 3.05) is 0 Å². The van der Waals surface area contributed by atoms with Gasteiger partial charge >= 0.3 is 0 Å². The fourth-order valence-corrected chi connectivity index (χ4v) is 6.07. The fraction of sp³-hybridized carbons (Fsp3) is 0.650. The zero-order valence-electron chi connectivity index (χ0n) is 13.2. The minimum atomic E-state index is -0.920. The molecule has 1 unspecified atom stereocenters. The van der Waals surface area contributed by atoms with Gasteiger partial charge in [-0.1, -0.05) is 24.5 Å². The van der Waals surface area contributed by atoms with Crippen LogP contribution in [0.15, 0.2) is 23.8 Å². The molecule has 0 spiro atoms. The number of hydrogen-bond acceptors (Lipinski definition) is 2. The average Bonchev–Trinajstić information content (AvgIpc) is 2.79. The molecule has 2 heteroatoms. The van der Waals surface area contributed by atoms with Gasteiger partial charge in [-0.25, -0.2) is 0 Å². The Bertz CT molecular complexity index is 622. The van der Waals surface area contributed by atoms with Crippen LogP contribution in [0, 0.1) is 41.4 Å². The number of fused-ring (bicyclic) bond motifs is 5. The minimum Gasteiger partial charge on any atom is -0.377 e. The topological polar surface area (TPSA) is 37.3 Å². The van der Waals surface area contributed by atoms with Gasteiger partial charge in [0.25, 0.3) is 0 Å². The van der Waals surface area contributed by atoms with Crippen LogP contribution in [0.4, 0.5) is 0 Å². The van der Waals surface area contributed by atoms with Gasteiger partial charge in [0.2, 0.25) is 0 Å². The third-order valence-electron chi connectivity index (χ3n) is 7.33. The molecule has 0 aromatic heterocycles. The molecule has 0 bridgehead atoms. The van der Waals surface area contributed by atoms with E-state index < -0.39 is 5.60 Å². The summed E-state index contributed by atoms with van der Waals surface area (Å²) in [7, 11) is 0. The van der Waals surface area contributed by atoms with E-state index in [0.717, 1.165) is 38.5 Å². The molecule has 1 N–H and O–H groups in total. The van der Waals surface area contributed by atoms with E-state index in [4.69, 9.17) is 6.42 Å². The SMILES string of the molecule is C#CC1(O)CC[C@H]2[C@@H]3CCC4=CC(=O)C=C[C@@H]4[C@H]3CC[C@@]21C. The van der Waals surface area contributed by atoms with Crippen LogP contribution in [0.1, 0.15) is 45.4 Å².